The fraction of sp³-hybridized carbons (Fsp3) is 0.0714. The minimum absolute atomic E-state index is 0.173. The van der Waals surface area contributed by atoms with Crippen LogP contribution in [0.3, 0.4) is 0 Å². The summed E-state index contributed by atoms with van der Waals surface area (Å²) in [5.74, 6) is -2.41. The molecule has 2 rings (SSSR count). The van der Waals surface area contributed by atoms with Crippen LogP contribution in [-0.2, 0) is 19.9 Å². The molecule has 2 aromatic carbocycles. The van der Waals surface area contributed by atoms with Gasteiger partial charge in [0.15, 0.2) is 15.6 Å². The number of rotatable bonds is 5. The van der Waals surface area contributed by atoms with Gasteiger partial charge in [-0.2, -0.15) is 0 Å². The van der Waals surface area contributed by atoms with Gasteiger partial charge in [0.2, 0.25) is 10.0 Å². The number of sulfonamides is 1. The van der Waals surface area contributed by atoms with Crippen LogP contribution in [0.2, 0.25) is 5.02 Å². The second kappa shape index (κ2) is 6.52. The third kappa shape index (κ3) is 3.93. The van der Waals surface area contributed by atoms with Gasteiger partial charge in [-0.3, -0.25) is 4.79 Å². The van der Waals surface area contributed by atoms with Gasteiger partial charge in [-0.1, -0.05) is 23.7 Å². The zero-order valence-corrected chi connectivity index (χ0v) is 14.4. The molecule has 0 saturated heterocycles. The van der Waals surface area contributed by atoms with Crippen LogP contribution in [0, 0.1) is 0 Å². The second-order valence-electron chi connectivity index (χ2n) is 4.84. The number of sulfone groups is 1. The third-order valence-corrected chi connectivity index (χ3v) is 6.07. The molecule has 0 aliphatic heterocycles. The summed E-state index contributed by atoms with van der Waals surface area (Å²) in [5.41, 5.74) is -0.240. The molecule has 0 bridgehead atoms. The van der Waals surface area contributed by atoms with Crippen molar-refractivity contribution in [1.82, 2.24) is 0 Å². The van der Waals surface area contributed by atoms with Gasteiger partial charge in [0.1, 0.15) is 16.4 Å². The monoisotopic (exact) mass is 389 g/mol. The summed E-state index contributed by atoms with van der Waals surface area (Å²) in [4.78, 5) is 11.0. The molecule has 128 valence electrons. The average molecular weight is 390 g/mol. The van der Waals surface area contributed by atoms with Gasteiger partial charge in [-0.25, -0.2) is 22.0 Å². The van der Waals surface area contributed by atoms with Crippen LogP contribution in [0.25, 0.3) is 0 Å². The van der Waals surface area contributed by atoms with Gasteiger partial charge in [-0.15, -0.1) is 0 Å². The second-order valence-corrected chi connectivity index (χ2v) is 8.76. The van der Waals surface area contributed by atoms with Crippen LogP contribution in [0.1, 0.15) is 10.4 Å². The highest BCUT2D eigenvalue weighted by atomic mass is 35.5. The maximum atomic E-state index is 12.4. The van der Waals surface area contributed by atoms with Crippen molar-refractivity contribution in [3.8, 4) is 5.75 Å². The standard InChI is InChI=1S/C14H12ClNO6S2/c15-9-5-6-10(11(17)7-9)12(18)8-23(19,20)13-3-1-2-4-14(13)24(16,21)22/h1-7,17H,8H2,(H2,16,21,22). The number of carbonyl (C=O) groups is 1. The number of hydrogen-bond donors (Lipinski definition) is 2. The first-order valence-corrected chi connectivity index (χ1v) is 9.96. The summed E-state index contributed by atoms with van der Waals surface area (Å²) < 4.78 is 47.9. The van der Waals surface area contributed by atoms with Gasteiger partial charge >= 0.3 is 0 Å². The Morgan fingerprint density at radius 1 is 1.04 bits per heavy atom. The topological polar surface area (TPSA) is 132 Å². The molecule has 0 aliphatic rings. The molecular weight excluding hydrogens is 378 g/mol. The number of ketones is 1. The zero-order chi connectivity index (χ0) is 18.1. The Morgan fingerprint density at radius 3 is 2.17 bits per heavy atom. The number of primary sulfonamides is 1. The Morgan fingerprint density at radius 2 is 1.62 bits per heavy atom. The van der Waals surface area contributed by atoms with Gasteiger partial charge in [0.05, 0.1) is 10.5 Å². The minimum Gasteiger partial charge on any atom is -0.507 e. The fourth-order valence-corrected chi connectivity index (χ4v) is 4.84. The third-order valence-electron chi connectivity index (χ3n) is 3.07. The number of Topliss-reactive ketones (excluding diaryl/α,β-unsaturated/α-hetero) is 1. The first-order chi connectivity index (χ1) is 11.0. The Hall–Kier alpha value is -1.94. The van der Waals surface area contributed by atoms with Crippen molar-refractivity contribution in [2.24, 2.45) is 5.14 Å². The van der Waals surface area contributed by atoms with E-state index < -0.39 is 46.9 Å². The van der Waals surface area contributed by atoms with Gasteiger partial charge in [-0.05, 0) is 30.3 Å². The normalized spacial score (nSPS) is 12.1. The predicted molar refractivity (Wildman–Crippen MR) is 87.3 cm³/mol. The lowest BCUT2D eigenvalue weighted by molar-refractivity contribution is 0.101. The molecule has 24 heavy (non-hydrogen) atoms. The van der Waals surface area contributed by atoms with E-state index >= 15 is 0 Å². The molecule has 0 amide bonds. The van der Waals surface area contributed by atoms with Crippen molar-refractivity contribution >= 4 is 37.2 Å². The number of nitrogens with two attached hydrogens (primary N) is 1. The van der Waals surface area contributed by atoms with E-state index in [1.165, 1.54) is 24.3 Å². The van der Waals surface area contributed by atoms with Crippen LogP contribution in [0.5, 0.6) is 5.75 Å². The van der Waals surface area contributed by atoms with E-state index in [9.17, 15) is 26.7 Å². The Bertz CT molecular complexity index is 1020. The summed E-state index contributed by atoms with van der Waals surface area (Å²) >= 11 is 5.65. The largest absolute Gasteiger partial charge is 0.507 e. The van der Waals surface area contributed by atoms with Crippen molar-refractivity contribution in [1.29, 1.82) is 0 Å². The summed E-state index contributed by atoms with van der Waals surface area (Å²) in [6, 6.07) is 8.30. The van der Waals surface area contributed by atoms with Crippen LogP contribution in [0.15, 0.2) is 52.3 Å². The van der Waals surface area contributed by atoms with Crippen LogP contribution < -0.4 is 5.14 Å². The van der Waals surface area contributed by atoms with E-state index in [-0.39, 0.29) is 10.6 Å². The molecule has 0 unspecified atom stereocenters. The molecule has 0 radical (unpaired) electrons. The first-order valence-electron chi connectivity index (χ1n) is 6.38. The van der Waals surface area contributed by atoms with Gasteiger partial charge in [0, 0.05) is 5.02 Å². The highest BCUT2D eigenvalue weighted by molar-refractivity contribution is 7.94. The van der Waals surface area contributed by atoms with Crippen LogP contribution >= 0.6 is 11.6 Å². The van der Waals surface area contributed by atoms with Crippen molar-refractivity contribution < 1.29 is 26.7 Å². The van der Waals surface area contributed by atoms with Crippen molar-refractivity contribution in [3.63, 3.8) is 0 Å². The molecule has 0 fully saturated rings. The molecule has 0 aromatic heterocycles. The van der Waals surface area contributed by atoms with Crippen molar-refractivity contribution in [2.75, 3.05) is 5.75 Å². The number of phenols is 1. The summed E-state index contributed by atoms with van der Waals surface area (Å²) in [6.45, 7) is 0. The number of phenolic OH excluding ortho intramolecular Hbond substituents is 1. The molecule has 0 heterocycles. The highest BCUT2D eigenvalue weighted by Crippen LogP contribution is 2.25. The molecule has 0 spiro atoms. The molecule has 3 N–H and O–H groups in total. The number of benzene rings is 2. The highest BCUT2D eigenvalue weighted by Gasteiger charge is 2.27. The molecule has 7 nitrogen and oxygen atoms in total. The Kier molecular flexibility index (Phi) is 5.00. The quantitative estimate of drug-likeness (QED) is 0.742. The summed E-state index contributed by atoms with van der Waals surface area (Å²) in [6.07, 6.45) is 0. The SMILES string of the molecule is NS(=O)(=O)c1ccccc1S(=O)(=O)CC(=O)c1ccc(Cl)cc1O. The van der Waals surface area contributed by atoms with E-state index in [1.807, 2.05) is 0 Å². The Balaban J connectivity index is 2.45. The lowest BCUT2D eigenvalue weighted by Crippen LogP contribution is -2.21. The molecule has 0 atom stereocenters. The van der Waals surface area contributed by atoms with E-state index in [1.54, 1.807) is 0 Å². The Labute approximate surface area is 143 Å². The molecule has 10 heteroatoms. The van der Waals surface area contributed by atoms with E-state index in [2.05, 4.69) is 0 Å². The first kappa shape index (κ1) is 18.4. The lowest BCUT2D eigenvalue weighted by Gasteiger charge is -2.09. The number of halogens is 1. The van der Waals surface area contributed by atoms with Gasteiger partial charge in [0.25, 0.3) is 0 Å². The average Bonchev–Trinajstić information content (AvgIpc) is 2.45. The van der Waals surface area contributed by atoms with E-state index in [0.29, 0.717) is 0 Å². The molecule has 0 aliphatic carbocycles. The molecule has 0 saturated carbocycles. The lowest BCUT2D eigenvalue weighted by atomic mass is 10.1. The van der Waals surface area contributed by atoms with E-state index in [0.717, 1.165) is 18.2 Å². The smallest absolute Gasteiger partial charge is 0.239 e. The van der Waals surface area contributed by atoms with Crippen molar-refractivity contribution in [3.05, 3.63) is 53.1 Å². The maximum Gasteiger partial charge on any atom is 0.239 e. The maximum absolute atomic E-state index is 12.4. The van der Waals surface area contributed by atoms with Gasteiger partial charge < -0.3 is 5.11 Å². The molecular formula is C14H12ClNO6S2. The number of hydrogen-bond acceptors (Lipinski definition) is 6. The van der Waals surface area contributed by atoms with Crippen LogP contribution in [0.4, 0.5) is 0 Å². The van der Waals surface area contributed by atoms with E-state index in [4.69, 9.17) is 16.7 Å². The summed E-state index contributed by atoms with van der Waals surface area (Å²) in [7, 11) is -8.59. The summed E-state index contributed by atoms with van der Waals surface area (Å²) in [5, 5.41) is 14.9. The minimum atomic E-state index is -4.30. The fourth-order valence-electron chi connectivity index (χ4n) is 2.01. The number of aromatic hydroxyl groups is 1. The van der Waals surface area contributed by atoms with Crippen molar-refractivity contribution in [2.45, 2.75) is 9.79 Å². The number of carbonyl (C=O) groups excluding carboxylic acids is 1. The zero-order valence-electron chi connectivity index (χ0n) is 12.0. The predicted octanol–water partition coefficient (Wildman–Crippen LogP) is 1.35. The molecule has 2 aromatic rings. The van der Waals surface area contributed by atoms with Crippen LogP contribution in [-0.4, -0.2) is 33.5 Å².